The molecule has 0 aliphatic heterocycles. The summed E-state index contributed by atoms with van der Waals surface area (Å²) in [6.45, 7) is 0. The van der Waals surface area contributed by atoms with E-state index < -0.39 is 0 Å². The van der Waals surface area contributed by atoms with Crippen LogP contribution in [0.3, 0.4) is 0 Å². The smallest absolute Gasteiger partial charge is 0.308 e. The molecule has 2 fully saturated rings. The van der Waals surface area contributed by atoms with E-state index >= 15 is 0 Å². The van der Waals surface area contributed by atoms with Crippen molar-refractivity contribution in [3.05, 3.63) is 46.7 Å². The Morgan fingerprint density at radius 1 is 1.12 bits per heavy atom. The quantitative estimate of drug-likeness (QED) is 0.608. The number of benzene rings is 1. The molecule has 0 unspecified atom stereocenters. The highest BCUT2D eigenvalue weighted by Gasteiger charge is 2.29. The zero-order valence-corrected chi connectivity index (χ0v) is 20.0. The molecule has 9 heteroatoms. The Morgan fingerprint density at radius 3 is 2.50 bits per heavy atom. The zero-order chi connectivity index (χ0) is 24.1. The molecule has 1 amide bonds. The standard InChI is InChI=1S/C25H29ClN4O4/c1-33-25(32)16-2-7-19(8-3-16)30-13-12-23(29-30)24(31)28-18-5-10-20(11-6-18)34-21-9-4-17(15-27)22(26)14-21/h4,9,12-14,16,18-20H,2-3,5-8,10-11H2,1H3,(H,28,31). The monoisotopic (exact) mass is 484 g/mol. The van der Waals surface area contributed by atoms with Crippen molar-refractivity contribution in [1.29, 1.82) is 5.26 Å². The number of rotatable bonds is 6. The number of nitrogens with one attached hydrogen (secondary N) is 1. The molecule has 1 aromatic carbocycles. The van der Waals surface area contributed by atoms with Crippen molar-refractivity contribution in [2.75, 3.05) is 7.11 Å². The summed E-state index contributed by atoms with van der Waals surface area (Å²) in [5.41, 5.74) is 0.845. The average molecular weight is 485 g/mol. The van der Waals surface area contributed by atoms with Gasteiger partial charge in [0, 0.05) is 18.3 Å². The van der Waals surface area contributed by atoms with Crippen LogP contribution in [-0.2, 0) is 9.53 Å². The number of aromatic nitrogens is 2. The van der Waals surface area contributed by atoms with Gasteiger partial charge in [-0.2, -0.15) is 10.4 Å². The third kappa shape index (κ3) is 5.71. The first-order valence-corrected chi connectivity index (χ1v) is 12.1. The number of nitrogens with zero attached hydrogens (tertiary/aromatic N) is 3. The largest absolute Gasteiger partial charge is 0.490 e. The molecule has 2 aliphatic rings. The van der Waals surface area contributed by atoms with Crippen LogP contribution in [0.5, 0.6) is 5.75 Å². The van der Waals surface area contributed by atoms with E-state index in [1.54, 1.807) is 24.3 Å². The molecule has 34 heavy (non-hydrogen) atoms. The molecule has 1 heterocycles. The maximum atomic E-state index is 12.7. The third-order valence-corrected chi connectivity index (χ3v) is 7.13. The predicted octanol–water partition coefficient (Wildman–Crippen LogP) is 4.43. The van der Waals surface area contributed by atoms with Crippen LogP contribution in [0.4, 0.5) is 0 Å². The minimum absolute atomic E-state index is 0.0346. The van der Waals surface area contributed by atoms with Gasteiger partial charge >= 0.3 is 5.97 Å². The normalized spacial score (nSPS) is 24.6. The number of hydrogen-bond acceptors (Lipinski definition) is 6. The summed E-state index contributed by atoms with van der Waals surface area (Å²) in [5, 5.41) is 17.0. The Morgan fingerprint density at radius 2 is 1.85 bits per heavy atom. The Hall–Kier alpha value is -3.05. The lowest BCUT2D eigenvalue weighted by molar-refractivity contribution is -0.146. The molecule has 0 bridgehead atoms. The molecule has 1 aromatic heterocycles. The zero-order valence-electron chi connectivity index (χ0n) is 19.2. The molecule has 2 aliphatic carbocycles. The van der Waals surface area contributed by atoms with Crippen LogP contribution >= 0.6 is 11.6 Å². The van der Waals surface area contributed by atoms with E-state index in [9.17, 15) is 9.59 Å². The van der Waals surface area contributed by atoms with Crippen molar-refractivity contribution in [2.24, 2.45) is 5.92 Å². The number of carbonyl (C=O) groups excluding carboxylic acids is 2. The van der Waals surface area contributed by atoms with Crippen LogP contribution in [0.1, 0.15) is 73.5 Å². The maximum absolute atomic E-state index is 12.7. The molecule has 180 valence electrons. The van der Waals surface area contributed by atoms with Gasteiger partial charge in [0.25, 0.3) is 5.91 Å². The second-order valence-electron chi connectivity index (χ2n) is 9.03. The topological polar surface area (TPSA) is 106 Å². The second kappa shape index (κ2) is 10.9. The summed E-state index contributed by atoms with van der Waals surface area (Å²) in [4.78, 5) is 24.5. The molecule has 0 saturated heterocycles. The van der Waals surface area contributed by atoms with E-state index in [1.165, 1.54) is 7.11 Å². The molecule has 2 aromatic rings. The highest BCUT2D eigenvalue weighted by atomic mass is 35.5. The van der Waals surface area contributed by atoms with E-state index in [1.807, 2.05) is 16.9 Å². The third-order valence-electron chi connectivity index (χ3n) is 6.82. The van der Waals surface area contributed by atoms with Crippen molar-refractivity contribution in [2.45, 2.75) is 69.6 Å². The minimum atomic E-state index is -0.162. The number of esters is 1. The number of halogens is 1. The van der Waals surface area contributed by atoms with Crippen LogP contribution in [0.25, 0.3) is 0 Å². The van der Waals surface area contributed by atoms with Crippen LogP contribution in [-0.4, -0.2) is 40.9 Å². The van der Waals surface area contributed by atoms with E-state index in [2.05, 4.69) is 10.4 Å². The van der Waals surface area contributed by atoms with E-state index in [0.29, 0.717) is 22.0 Å². The number of carbonyl (C=O) groups is 2. The summed E-state index contributed by atoms with van der Waals surface area (Å²) < 4.78 is 12.7. The lowest BCUT2D eigenvalue weighted by atomic mass is 9.86. The fourth-order valence-electron chi connectivity index (χ4n) is 4.84. The van der Waals surface area contributed by atoms with Crippen molar-refractivity contribution in [3.8, 4) is 11.8 Å². The molecule has 8 nitrogen and oxygen atoms in total. The van der Waals surface area contributed by atoms with Crippen LogP contribution < -0.4 is 10.1 Å². The lowest BCUT2D eigenvalue weighted by Gasteiger charge is -2.29. The van der Waals surface area contributed by atoms with E-state index in [4.69, 9.17) is 26.3 Å². The lowest BCUT2D eigenvalue weighted by Crippen LogP contribution is -2.40. The number of hydrogen-bond donors (Lipinski definition) is 1. The molecule has 1 N–H and O–H groups in total. The molecule has 4 rings (SSSR count). The van der Waals surface area contributed by atoms with Gasteiger partial charge in [0.1, 0.15) is 17.5 Å². The molecular formula is C25H29ClN4O4. The average Bonchev–Trinajstić information content (AvgIpc) is 3.36. The fraction of sp³-hybridized carbons (Fsp3) is 0.520. The first-order valence-electron chi connectivity index (χ1n) is 11.8. The molecule has 0 spiro atoms. The van der Waals surface area contributed by atoms with Gasteiger partial charge in [0.15, 0.2) is 0 Å². The Kier molecular flexibility index (Phi) is 7.73. The minimum Gasteiger partial charge on any atom is -0.490 e. The Bertz CT molecular complexity index is 1060. The molecular weight excluding hydrogens is 456 g/mol. The summed E-state index contributed by atoms with van der Waals surface area (Å²) in [6, 6.07) is 9.17. The summed E-state index contributed by atoms with van der Waals surface area (Å²) >= 11 is 6.09. The van der Waals surface area contributed by atoms with Gasteiger partial charge in [-0.15, -0.1) is 0 Å². The SMILES string of the molecule is COC(=O)C1CCC(n2ccc(C(=O)NC3CCC(Oc4ccc(C#N)c(Cl)c4)CC3)n2)CC1. The summed E-state index contributed by atoms with van der Waals surface area (Å²) in [6.07, 6.45) is 8.42. The first-order chi connectivity index (χ1) is 16.5. The Labute approximate surface area is 204 Å². The van der Waals surface area contributed by atoms with Gasteiger partial charge in [-0.25, -0.2) is 0 Å². The number of methoxy groups -OCH3 is 1. The molecule has 2 saturated carbocycles. The first kappa shape index (κ1) is 24.1. The second-order valence-corrected chi connectivity index (χ2v) is 9.44. The number of amides is 1. The van der Waals surface area contributed by atoms with Crippen molar-refractivity contribution >= 4 is 23.5 Å². The van der Waals surface area contributed by atoms with E-state index in [-0.39, 0.29) is 36.0 Å². The highest BCUT2D eigenvalue weighted by molar-refractivity contribution is 6.31. The van der Waals surface area contributed by atoms with Crippen LogP contribution in [0, 0.1) is 17.2 Å². The van der Waals surface area contributed by atoms with E-state index in [0.717, 1.165) is 51.4 Å². The van der Waals surface area contributed by atoms with Crippen molar-refractivity contribution in [3.63, 3.8) is 0 Å². The number of ether oxygens (including phenoxy) is 2. The Balaban J connectivity index is 1.23. The van der Waals surface area contributed by atoms with Gasteiger partial charge in [0.2, 0.25) is 0 Å². The number of nitriles is 1. The van der Waals surface area contributed by atoms with Crippen LogP contribution in [0.15, 0.2) is 30.5 Å². The molecule has 0 radical (unpaired) electrons. The summed E-state index contributed by atoms with van der Waals surface area (Å²) in [5.74, 6) is 0.320. The van der Waals surface area contributed by atoms with Crippen LogP contribution in [0.2, 0.25) is 5.02 Å². The highest BCUT2D eigenvalue weighted by Crippen LogP contribution is 2.32. The molecule has 0 atom stereocenters. The van der Waals surface area contributed by atoms with Crippen molar-refractivity contribution in [1.82, 2.24) is 15.1 Å². The maximum Gasteiger partial charge on any atom is 0.308 e. The van der Waals surface area contributed by atoms with Gasteiger partial charge in [-0.1, -0.05) is 11.6 Å². The van der Waals surface area contributed by atoms with Gasteiger partial charge < -0.3 is 14.8 Å². The van der Waals surface area contributed by atoms with Gasteiger partial charge in [0.05, 0.1) is 35.8 Å². The van der Waals surface area contributed by atoms with Gasteiger partial charge in [-0.3, -0.25) is 14.3 Å². The summed E-state index contributed by atoms with van der Waals surface area (Å²) in [7, 11) is 1.43. The van der Waals surface area contributed by atoms with Crippen molar-refractivity contribution < 1.29 is 19.1 Å². The fourth-order valence-corrected chi connectivity index (χ4v) is 5.05. The predicted molar refractivity (Wildman–Crippen MR) is 126 cm³/mol. The van der Waals surface area contributed by atoms with Gasteiger partial charge in [-0.05, 0) is 69.6 Å².